The number of nitrogens with one attached hydrogen (secondary N) is 1. The Balaban J connectivity index is 1.58. The van der Waals surface area contributed by atoms with E-state index in [1.165, 1.54) is 11.3 Å². The van der Waals surface area contributed by atoms with Crippen molar-refractivity contribution in [1.82, 2.24) is 4.90 Å². The van der Waals surface area contributed by atoms with Crippen LogP contribution in [0.2, 0.25) is 0 Å². The number of thiophene rings is 1. The van der Waals surface area contributed by atoms with Crippen LogP contribution in [0.4, 0.5) is 5.69 Å². The van der Waals surface area contributed by atoms with Crippen LogP contribution in [0.25, 0.3) is 0 Å². The number of likely N-dealkylation sites (tertiary alicyclic amines) is 1. The molecule has 0 radical (unpaired) electrons. The maximum absolute atomic E-state index is 12.6. The van der Waals surface area contributed by atoms with Crippen molar-refractivity contribution >= 4 is 28.8 Å². The van der Waals surface area contributed by atoms with Crippen LogP contribution in [0.5, 0.6) is 0 Å². The molecule has 0 bridgehead atoms. The SMILES string of the molecule is CC(C)c1ccccc1NC(=O)C1CCN(C(=O)c2cccs2)CC1. The smallest absolute Gasteiger partial charge is 0.263 e. The molecular weight excluding hydrogens is 332 g/mol. The number of benzene rings is 1. The van der Waals surface area contributed by atoms with Crippen LogP contribution in [-0.4, -0.2) is 29.8 Å². The molecule has 0 spiro atoms. The van der Waals surface area contributed by atoms with Crippen molar-refractivity contribution in [3.63, 3.8) is 0 Å². The van der Waals surface area contributed by atoms with Gasteiger partial charge in [0, 0.05) is 24.7 Å². The monoisotopic (exact) mass is 356 g/mol. The Hall–Kier alpha value is -2.14. The number of carbonyl (C=O) groups excluding carboxylic acids is 2. The van der Waals surface area contributed by atoms with Gasteiger partial charge in [0.25, 0.3) is 5.91 Å². The molecule has 1 aliphatic rings. The largest absolute Gasteiger partial charge is 0.338 e. The fourth-order valence-electron chi connectivity index (χ4n) is 3.25. The van der Waals surface area contributed by atoms with Crippen molar-refractivity contribution in [2.45, 2.75) is 32.6 Å². The molecule has 0 atom stereocenters. The van der Waals surface area contributed by atoms with E-state index in [9.17, 15) is 9.59 Å². The van der Waals surface area contributed by atoms with E-state index >= 15 is 0 Å². The summed E-state index contributed by atoms with van der Waals surface area (Å²) in [6, 6.07) is 11.7. The summed E-state index contributed by atoms with van der Waals surface area (Å²) >= 11 is 1.47. The second kappa shape index (κ2) is 7.83. The van der Waals surface area contributed by atoms with Gasteiger partial charge in [0.05, 0.1) is 4.88 Å². The molecular formula is C20H24N2O2S. The highest BCUT2D eigenvalue weighted by Crippen LogP contribution is 2.26. The minimum atomic E-state index is -0.0346. The molecule has 1 aliphatic heterocycles. The highest BCUT2D eigenvalue weighted by molar-refractivity contribution is 7.12. The van der Waals surface area contributed by atoms with Crippen LogP contribution < -0.4 is 5.32 Å². The lowest BCUT2D eigenvalue weighted by atomic mass is 9.95. The number of nitrogens with zero attached hydrogens (tertiary/aromatic N) is 1. The number of anilines is 1. The minimum absolute atomic E-state index is 0.0346. The van der Waals surface area contributed by atoms with E-state index in [1.807, 2.05) is 40.6 Å². The minimum Gasteiger partial charge on any atom is -0.338 e. The van der Waals surface area contributed by atoms with Gasteiger partial charge < -0.3 is 10.2 Å². The predicted molar refractivity (Wildman–Crippen MR) is 102 cm³/mol. The zero-order valence-corrected chi connectivity index (χ0v) is 15.5. The van der Waals surface area contributed by atoms with E-state index in [4.69, 9.17) is 0 Å². The van der Waals surface area contributed by atoms with E-state index in [2.05, 4.69) is 25.2 Å². The number of amides is 2. The molecule has 0 unspecified atom stereocenters. The molecule has 0 saturated carbocycles. The summed E-state index contributed by atoms with van der Waals surface area (Å²) in [6.45, 7) is 5.53. The second-order valence-corrected chi connectivity index (χ2v) is 7.72. The summed E-state index contributed by atoms with van der Waals surface area (Å²) in [7, 11) is 0. The van der Waals surface area contributed by atoms with Gasteiger partial charge in [-0.1, -0.05) is 38.1 Å². The van der Waals surface area contributed by atoms with Crippen molar-refractivity contribution in [3.05, 3.63) is 52.2 Å². The van der Waals surface area contributed by atoms with E-state index in [0.717, 1.165) is 16.1 Å². The molecule has 132 valence electrons. The molecule has 1 saturated heterocycles. The normalized spacial score (nSPS) is 15.4. The Morgan fingerprint density at radius 2 is 1.84 bits per heavy atom. The molecule has 1 fully saturated rings. The summed E-state index contributed by atoms with van der Waals surface area (Å²) in [5.74, 6) is 0.477. The Bertz CT molecular complexity index is 732. The number of hydrogen-bond donors (Lipinski definition) is 1. The highest BCUT2D eigenvalue weighted by Gasteiger charge is 2.28. The lowest BCUT2D eigenvalue weighted by molar-refractivity contribution is -0.121. The topological polar surface area (TPSA) is 49.4 Å². The molecule has 2 aromatic rings. The van der Waals surface area contributed by atoms with Crippen LogP contribution in [0.15, 0.2) is 41.8 Å². The fourth-order valence-corrected chi connectivity index (χ4v) is 3.94. The average molecular weight is 356 g/mol. The van der Waals surface area contributed by atoms with E-state index in [1.54, 1.807) is 0 Å². The Morgan fingerprint density at radius 3 is 2.48 bits per heavy atom. The Kier molecular flexibility index (Phi) is 5.53. The van der Waals surface area contributed by atoms with Crippen molar-refractivity contribution < 1.29 is 9.59 Å². The summed E-state index contributed by atoms with van der Waals surface area (Å²) in [5, 5.41) is 5.01. The molecule has 5 heteroatoms. The number of carbonyl (C=O) groups is 2. The maximum Gasteiger partial charge on any atom is 0.263 e. The van der Waals surface area contributed by atoms with E-state index in [-0.39, 0.29) is 17.7 Å². The molecule has 2 amide bonds. The van der Waals surface area contributed by atoms with Crippen LogP contribution in [-0.2, 0) is 4.79 Å². The summed E-state index contributed by atoms with van der Waals surface area (Å²) < 4.78 is 0. The third-order valence-electron chi connectivity index (χ3n) is 4.73. The first-order valence-corrected chi connectivity index (χ1v) is 9.67. The van der Waals surface area contributed by atoms with Gasteiger partial charge in [0.1, 0.15) is 0 Å². The molecule has 1 aromatic carbocycles. The summed E-state index contributed by atoms with van der Waals surface area (Å²) in [6.07, 6.45) is 1.43. The molecule has 0 aliphatic carbocycles. The van der Waals surface area contributed by atoms with Gasteiger partial charge in [-0.05, 0) is 41.8 Å². The second-order valence-electron chi connectivity index (χ2n) is 6.77. The summed E-state index contributed by atoms with van der Waals surface area (Å²) in [4.78, 5) is 27.6. The van der Waals surface area contributed by atoms with E-state index in [0.29, 0.717) is 31.8 Å². The first-order chi connectivity index (χ1) is 12.1. The van der Waals surface area contributed by atoms with Gasteiger partial charge in [-0.2, -0.15) is 0 Å². The number of rotatable bonds is 4. The van der Waals surface area contributed by atoms with Crippen molar-refractivity contribution in [2.24, 2.45) is 5.92 Å². The van der Waals surface area contributed by atoms with Crippen LogP contribution >= 0.6 is 11.3 Å². The van der Waals surface area contributed by atoms with Gasteiger partial charge in [-0.3, -0.25) is 9.59 Å². The first kappa shape index (κ1) is 17.7. The zero-order valence-electron chi connectivity index (χ0n) is 14.7. The van der Waals surface area contributed by atoms with Crippen molar-refractivity contribution in [2.75, 3.05) is 18.4 Å². The molecule has 1 aromatic heterocycles. The third kappa shape index (κ3) is 4.10. The van der Waals surface area contributed by atoms with Gasteiger partial charge in [0.2, 0.25) is 5.91 Å². The number of hydrogen-bond acceptors (Lipinski definition) is 3. The Morgan fingerprint density at radius 1 is 1.12 bits per heavy atom. The van der Waals surface area contributed by atoms with Crippen molar-refractivity contribution in [1.29, 1.82) is 0 Å². The maximum atomic E-state index is 12.6. The van der Waals surface area contributed by atoms with Crippen LogP contribution in [0, 0.1) is 5.92 Å². The number of para-hydroxylation sites is 1. The third-order valence-corrected chi connectivity index (χ3v) is 5.58. The molecule has 2 heterocycles. The zero-order chi connectivity index (χ0) is 17.8. The molecule has 4 nitrogen and oxygen atoms in total. The van der Waals surface area contributed by atoms with Crippen LogP contribution in [0.3, 0.4) is 0 Å². The molecule has 25 heavy (non-hydrogen) atoms. The average Bonchev–Trinajstić information content (AvgIpc) is 3.16. The Labute approximate surface area is 152 Å². The number of piperidine rings is 1. The molecule has 3 rings (SSSR count). The van der Waals surface area contributed by atoms with E-state index < -0.39 is 0 Å². The van der Waals surface area contributed by atoms with Gasteiger partial charge in [-0.25, -0.2) is 0 Å². The predicted octanol–water partition coefficient (Wildman–Crippen LogP) is 4.36. The lowest BCUT2D eigenvalue weighted by Gasteiger charge is -2.31. The molecule has 1 N–H and O–H groups in total. The first-order valence-electron chi connectivity index (χ1n) is 8.79. The lowest BCUT2D eigenvalue weighted by Crippen LogP contribution is -2.41. The fraction of sp³-hybridized carbons (Fsp3) is 0.400. The standard InChI is InChI=1S/C20H24N2O2S/c1-14(2)16-6-3-4-7-17(16)21-19(23)15-9-11-22(12-10-15)20(24)18-8-5-13-25-18/h3-8,13-15H,9-12H2,1-2H3,(H,21,23). The highest BCUT2D eigenvalue weighted by atomic mass is 32.1. The van der Waals surface area contributed by atoms with Crippen molar-refractivity contribution in [3.8, 4) is 0 Å². The summed E-state index contributed by atoms with van der Waals surface area (Å²) in [5.41, 5.74) is 2.06. The van der Waals surface area contributed by atoms with Gasteiger partial charge >= 0.3 is 0 Å². The quantitative estimate of drug-likeness (QED) is 0.885. The van der Waals surface area contributed by atoms with Gasteiger partial charge in [-0.15, -0.1) is 11.3 Å². The van der Waals surface area contributed by atoms with Crippen LogP contribution in [0.1, 0.15) is 47.8 Å². The van der Waals surface area contributed by atoms with Gasteiger partial charge in [0.15, 0.2) is 0 Å².